The number of nitrogens with zero attached hydrogens (tertiary/aromatic N) is 2. The molecule has 0 aromatic heterocycles. The number of hydrogen-bond acceptors (Lipinski definition) is 3. The highest BCUT2D eigenvalue weighted by molar-refractivity contribution is 14.0. The van der Waals surface area contributed by atoms with Gasteiger partial charge in [0.25, 0.3) is 0 Å². The Morgan fingerprint density at radius 2 is 1.89 bits per heavy atom. The maximum Gasteiger partial charge on any atom is 0.191 e. The van der Waals surface area contributed by atoms with Gasteiger partial charge in [-0.25, -0.2) is 0 Å². The van der Waals surface area contributed by atoms with Crippen LogP contribution in [0.2, 0.25) is 0 Å². The van der Waals surface area contributed by atoms with Gasteiger partial charge in [-0.05, 0) is 64.4 Å². The van der Waals surface area contributed by atoms with Crippen molar-refractivity contribution < 1.29 is 4.74 Å². The molecule has 1 aliphatic heterocycles. The highest BCUT2D eigenvalue weighted by Gasteiger charge is 2.44. The molecule has 2 fully saturated rings. The standard InChI is InChI=1S/C21H33BrN4O.HI/c1-4-23-19(25-16-21(26(2)3)10-12-27-13-11-21)24-15-20(8-9-20)17-6-5-7-18(22)14-17;/h5-7,14H,4,8-13,15-16H2,1-3H3,(H2,23,24,25);1H. The van der Waals surface area contributed by atoms with E-state index in [-0.39, 0.29) is 34.9 Å². The largest absolute Gasteiger partial charge is 0.381 e. The third-order valence-corrected chi connectivity index (χ3v) is 6.63. The zero-order chi connectivity index (χ0) is 19.3. The van der Waals surface area contributed by atoms with Crippen LogP contribution in [0, 0.1) is 0 Å². The first-order valence-corrected chi connectivity index (χ1v) is 10.8. The first kappa shape index (κ1) is 23.9. The highest BCUT2D eigenvalue weighted by atomic mass is 127. The minimum atomic E-state index is 0. The molecule has 3 rings (SSSR count). The van der Waals surface area contributed by atoms with E-state index in [1.807, 2.05) is 0 Å². The van der Waals surface area contributed by atoms with Crippen molar-refractivity contribution in [2.75, 3.05) is 46.9 Å². The van der Waals surface area contributed by atoms with E-state index in [4.69, 9.17) is 9.73 Å². The summed E-state index contributed by atoms with van der Waals surface area (Å²) in [5.41, 5.74) is 1.76. The molecule has 5 nitrogen and oxygen atoms in total. The fourth-order valence-electron chi connectivity index (χ4n) is 3.86. The van der Waals surface area contributed by atoms with Crippen molar-refractivity contribution >= 4 is 45.9 Å². The number of hydrogen-bond donors (Lipinski definition) is 2. The van der Waals surface area contributed by atoms with Gasteiger partial charge in [0.1, 0.15) is 0 Å². The number of guanidine groups is 1. The summed E-state index contributed by atoms with van der Waals surface area (Å²) in [7, 11) is 4.32. The van der Waals surface area contributed by atoms with Crippen LogP contribution in [0.3, 0.4) is 0 Å². The number of benzene rings is 1. The molecule has 0 radical (unpaired) electrons. The Morgan fingerprint density at radius 3 is 2.46 bits per heavy atom. The molecule has 2 aliphatic rings. The molecule has 1 aromatic rings. The van der Waals surface area contributed by atoms with E-state index in [9.17, 15) is 0 Å². The fraction of sp³-hybridized carbons (Fsp3) is 0.667. The predicted molar refractivity (Wildman–Crippen MR) is 131 cm³/mol. The second-order valence-corrected chi connectivity index (χ2v) is 8.99. The van der Waals surface area contributed by atoms with E-state index in [0.717, 1.165) is 56.1 Å². The maximum absolute atomic E-state index is 5.58. The molecule has 0 bridgehead atoms. The van der Waals surface area contributed by atoms with Crippen molar-refractivity contribution in [3.63, 3.8) is 0 Å². The number of aliphatic imine (C=N–C) groups is 1. The normalized spacial score (nSPS) is 20.4. The van der Waals surface area contributed by atoms with Gasteiger partial charge in [-0.1, -0.05) is 28.1 Å². The third-order valence-electron chi connectivity index (χ3n) is 6.13. The molecule has 1 saturated heterocycles. The first-order valence-electron chi connectivity index (χ1n) is 10.0. The van der Waals surface area contributed by atoms with Gasteiger partial charge in [-0.2, -0.15) is 0 Å². The zero-order valence-electron chi connectivity index (χ0n) is 17.3. The van der Waals surface area contributed by atoms with Gasteiger partial charge in [-0.15, -0.1) is 24.0 Å². The van der Waals surface area contributed by atoms with Crippen LogP contribution in [-0.4, -0.2) is 63.3 Å². The number of ether oxygens (including phenoxy) is 1. The van der Waals surface area contributed by atoms with Crippen LogP contribution in [-0.2, 0) is 10.2 Å². The number of nitrogens with one attached hydrogen (secondary N) is 2. The molecular weight excluding hydrogens is 531 g/mol. The quantitative estimate of drug-likeness (QED) is 0.301. The number of likely N-dealkylation sites (N-methyl/N-ethyl adjacent to an activating group) is 1. The lowest BCUT2D eigenvalue weighted by atomic mass is 9.89. The van der Waals surface area contributed by atoms with Crippen molar-refractivity contribution in [2.24, 2.45) is 4.99 Å². The van der Waals surface area contributed by atoms with E-state index >= 15 is 0 Å². The fourth-order valence-corrected chi connectivity index (χ4v) is 4.25. The lowest BCUT2D eigenvalue weighted by molar-refractivity contribution is -0.00254. The van der Waals surface area contributed by atoms with E-state index in [1.54, 1.807) is 0 Å². The van der Waals surface area contributed by atoms with Crippen molar-refractivity contribution in [2.45, 2.75) is 43.6 Å². The molecular formula is C21H34BrIN4O. The molecule has 0 amide bonds. The predicted octanol–water partition coefficient (Wildman–Crippen LogP) is 3.76. The smallest absolute Gasteiger partial charge is 0.191 e. The minimum Gasteiger partial charge on any atom is -0.381 e. The Balaban J connectivity index is 0.00000280. The average molecular weight is 565 g/mol. The summed E-state index contributed by atoms with van der Waals surface area (Å²) in [5, 5.41) is 7.03. The van der Waals surface area contributed by atoms with E-state index in [1.165, 1.54) is 18.4 Å². The lowest BCUT2D eigenvalue weighted by Gasteiger charge is -2.41. The summed E-state index contributed by atoms with van der Waals surface area (Å²) in [4.78, 5) is 7.29. The Labute approximate surface area is 195 Å². The highest BCUT2D eigenvalue weighted by Crippen LogP contribution is 2.48. The number of halogens is 2. The summed E-state index contributed by atoms with van der Waals surface area (Å²) in [6, 6.07) is 8.71. The van der Waals surface area contributed by atoms with Gasteiger partial charge >= 0.3 is 0 Å². The molecule has 1 heterocycles. The Hall–Kier alpha value is -0.380. The van der Waals surface area contributed by atoms with Crippen LogP contribution in [0.25, 0.3) is 0 Å². The van der Waals surface area contributed by atoms with Crippen LogP contribution in [0.4, 0.5) is 0 Å². The van der Waals surface area contributed by atoms with Gasteiger partial charge in [0.05, 0.1) is 6.54 Å². The van der Waals surface area contributed by atoms with Crippen molar-refractivity contribution in [3.8, 4) is 0 Å². The van der Waals surface area contributed by atoms with Crippen LogP contribution < -0.4 is 10.6 Å². The first-order chi connectivity index (χ1) is 13.0. The van der Waals surface area contributed by atoms with Crippen LogP contribution in [0.15, 0.2) is 33.7 Å². The van der Waals surface area contributed by atoms with Gasteiger partial charge in [0, 0.05) is 41.7 Å². The molecule has 2 N–H and O–H groups in total. The molecule has 28 heavy (non-hydrogen) atoms. The second kappa shape index (κ2) is 10.6. The van der Waals surface area contributed by atoms with Crippen LogP contribution >= 0.6 is 39.9 Å². The topological polar surface area (TPSA) is 48.9 Å². The van der Waals surface area contributed by atoms with E-state index in [0.29, 0.717) is 0 Å². The molecule has 158 valence electrons. The summed E-state index contributed by atoms with van der Waals surface area (Å²) in [5.74, 6) is 0.923. The SMILES string of the molecule is CCNC(=NCC1(N(C)C)CCOCC1)NCC1(c2cccc(Br)c2)CC1.I. The van der Waals surface area contributed by atoms with Gasteiger partial charge < -0.3 is 20.3 Å². The summed E-state index contributed by atoms with van der Waals surface area (Å²) >= 11 is 3.60. The minimum absolute atomic E-state index is 0. The zero-order valence-corrected chi connectivity index (χ0v) is 21.2. The summed E-state index contributed by atoms with van der Waals surface area (Å²) in [6.07, 6.45) is 4.53. The molecule has 1 saturated carbocycles. The van der Waals surface area contributed by atoms with Gasteiger partial charge in [0.15, 0.2) is 5.96 Å². The third kappa shape index (κ3) is 5.83. The maximum atomic E-state index is 5.58. The van der Waals surface area contributed by atoms with Crippen LogP contribution in [0.1, 0.15) is 38.2 Å². The monoisotopic (exact) mass is 564 g/mol. The lowest BCUT2D eigenvalue weighted by Crippen LogP contribution is -2.52. The number of rotatable bonds is 7. The average Bonchev–Trinajstić information content (AvgIpc) is 3.46. The molecule has 7 heteroatoms. The molecule has 1 aliphatic carbocycles. The van der Waals surface area contributed by atoms with Crippen molar-refractivity contribution in [1.29, 1.82) is 0 Å². The molecule has 1 aromatic carbocycles. The molecule has 0 atom stereocenters. The van der Waals surface area contributed by atoms with Crippen LogP contribution in [0.5, 0.6) is 0 Å². The van der Waals surface area contributed by atoms with Crippen molar-refractivity contribution in [3.05, 3.63) is 34.3 Å². The van der Waals surface area contributed by atoms with E-state index < -0.39 is 0 Å². The molecule has 0 spiro atoms. The second-order valence-electron chi connectivity index (χ2n) is 8.07. The Kier molecular flexibility index (Phi) is 9.04. The van der Waals surface area contributed by atoms with E-state index in [2.05, 4.69) is 76.7 Å². The Morgan fingerprint density at radius 1 is 1.18 bits per heavy atom. The summed E-state index contributed by atoms with van der Waals surface area (Å²) < 4.78 is 6.73. The Bertz CT molecular complexity index is 658. The van der Waals surface area contributed by atoms with Crippen molar-refractivity contribution in [1.82, 2.24) is 15.5 Å². The van der Waals surface area contributed by atoms with Gasteiger partial charge in [-0.3, -0.25) is 4.99 Å². The molecule has 0 unspecified atom stereocenters. The van der Waals surface area contributed by atoms with Gasteiger partial charge in [0.2, 0.25) is 0 Å². The summed E-state index contributed by atoms with van der Waals surface area (Å²) in [6.45, 7) is 6.35.